The highest BCUT2D eigenvalue weighted by Gasteiger charge is 1.95. The van der Waals surface area contributed by atoms with Crippen molar-refractivity contribution in [1.29, 1.82) is 0 Å². The van der Waals surface area contributed by atoms with Crippen LogP contribution in [0.1, 0.15) is 34.1 Å². The second-order valence-corrected chi connectivity index (χ2v) is 3.06. The smallest absolute Gasteiger partial charge is 0.0863 e. The fourth-order valence-corrected chi connectivity index (χ4v) is 0.612. The van der Waals surface area contributed by atoms with Gasteiger partial charge >= 0.3 is 0 Å². The van der Waals surface area contributed by atoms with E-state index in [9.17, 15) is 0 Å². The highest BCUT2D eigenvalue weighted by Crippen LogP contribution is 1.97. The quantitative estimate of drug-likeness (QED) is 0.554. The summed E-state index contributed by atoms with van der Waals surface area (Å²) in [5.41, 5.74) is 0. The number of hydrogen-bond donors (Lipinski definition) is 0. The average Bonchev–Trinajstić information content (AvgIpc) is 1.85. The molecule has 0 aliphatic rings. The monoisotopic (exact) mass is 159 g/mol. The maximum atomic E-state index is 5.31. The largest absolute Gasteiger partial charge is 0.379 e. The van der Waals surface area contributed by atoms with E-state index in [4.69, 9.17) is 9.47 Å². The van der Waals surface area contributed by atoms with Crippen molar-refractivity contribution in [3.8, 4) is 0 Å². The first-order chi connectivity index (χ1) is 5.13. The summed E-state index contributed by atoms with van der Waals surface area (Å²) in [6, 6.07) is 0. The van der Waals surface area contributed by atoms with Crippen molar-refractivity contribution in [2.75, 3.05) is 6.61 Å². The molecule has 0 atom stereocenters. The molecule has 0 unspecified atom stereocenters. The van der Waals surface area contributed by atoms with Crippen LogP contribution in [0.5, 0.6) is 0 Å². The van der Waals surface area contributed by atoms with Gasteiger partial charge in [-0.05, 0) is 34.1 Å². The Bertz CT molecular complexity index is 69.6. The van der Waals surface area contributed by atoms with Gasteiger partial charge in [-0.2, -0.15) is 0 Å². The topological polar surface area (TPSA) is 18.5 Å². The summed E-state index contributed by atoms with van der Waals surface area (Å²) >= 11 is 0. The Kier molecular flexibility index (Phi) is 6.57. The lowest BCUT2D eigenvalue weighted by Gasteiger charge is -2.08. The fourth-order valence-electron chi connectivity index (χ4n) is 0.612. The average molecular weight is 159 g/mol. The van der Waals surface area contributed by atoms with Crippen LogP contribution >= 0.6 is 0 Å². The molecule has 0 aromatic carbocycles. The molecule has 2 heteroatoms. The third-order valence-corrected chi connectivity index (χ3v) is 1.06. The molecule has 0 fully saturated rings. The van der Waals surface area contributed by atoms with Gasteiger partial charge in [0, 0.05) is 6.61 Å². The summed E-state index contributed by atoms with van der Waals surface area (Å²) < 4.78 is 10.5. The van der Waals surface area contributed by atoms with Crippen LogP contribution in [0.2, 0.25) is 0 Å². The van der Waals surface area contributed by atoms with E-state index in [-0.39, 0.29) is 6.10 Å². The third kappa shape index (κ3) is 9.92. The molecule has 0 spiro atoms. The minimum absolute atomic E-state index is 0.286. The Labute approximate surface area is 69.9 Å². The van der Waals surface area contributed by atoms with Crippen LogP contribution in [0.25, 0.3) is 0 Å². The fraction of sp³-hybridized carbons (Fsp3) is 0.889. The summed E-state index contributed by atoms with van der Waals surface area (Å²) in [5, 5.41) is 0. The van der Waals surface area contributed by atoms with E-state index < -0.39 is 0 Å². The van der Waals surface area contributed by atoms with Crippen molar-refractivity contribution < 1.29 is 9.47 Å². The van der Waals surface area contributed by atoms with E-state index in [1.54, 1.807) is 0 Å². The summed E-state index contributed by atoms with van der Waals surface area (Å²) in [5.74, 6) is 0. The predicted molar refractivity (Wildman–Crippen MR) is 46.2 cm³/mol. The van der Waals surface area contributed by atoms with Gasteiger partial charge in [0.15, 0.2) is 0 Å². The lowest BCUT2D eigenvalue weighted by atomic mass is 10.4. The van der Waals surface area contributed by atoms with E-state index in [1.165, 1.54) is 0 Å². The van der Waals surface area contributed by atoms with Crippen LogP contribution < -0.4 is 0 Å². The zero-order chi connectivity index (χ0) is 8.69. The Balaban J connectivity index is 2.91. The molecule has 0 saturated heterocycles. The first kappa shape index (κ1) is 10.9. The third-order valence-electron chi connectivity index (χ3n) is 1.06. The Hall–Kier alpha value is -0.0800. The standard InChI is InChI=1S/C9H19O2/c1-8(2)10-6-5-7-11-9(3)4/h6,8-9H,5,7H2,1-4H3. The van der Waals surface area contributed by atoms with Gasteiger partial charge in [0.2, 0.25) is 0 Å². The molecule has 0 aliphatic carbocycles. The summed E-state index contributed by atoms with van der Waals surface area (Å²) in [4.78, 5) is 0. The second-order valence-electron chi connectivity index (χ2n) is 3.06. The van der Waals surface area contributed by atoms with Crippen molar-refractivity contribution in [2.45, 2.75) is 46.3 Å². The van der Waals surface area contributed by atoms with Crippen LogP contribution in [-0.4, -0.2) is 18.8 Å². The van der Waals surface area contributed by atoms with Gasteiger partial charge in [-0.25, -0.2) is 0 Å². The highest BCUT2D eigenvalue weighted by atomic mass is 16.5. The molecule has 67 valence electrons. The minimum Gasteiger partial charge on any atom is -0.379 e. The lowest BCUT2D eigenvalue weighted by molar-refractivity contribution is 0.0598. The van der Waals surface area contributed by atoms with E-state index in [0.717, 1.165) is 13.0 Å². The van der Waals surface area contributed by atoms with Crippen molar-refractivity contribution in [3.63, 3.8) is 0 Å². The lowest BCUT2D eigenvalue weighted by Crippen LogP contribution is -2.06. The number of hydrogen-bond acceptors (Lipinski definition) is 2. The molecule has 0 rings (SSSR count). The van der Waals surface area contributed by atoms with Crippen LogP contribution in [-0.2, 0) is 9.47 Å². The molecule has 0 amide bonds. The molecule has 2 nitrogen and oxygen atoms in total. The maximum Gasteiger partial charge on any atom is 0.0863 e. The first-order valence-corrected chi connectivity index (χ1v) is 4.21. The molecule has 0 heterocycles. The van der Waals surface area contributed by atoms with Gasteiger partial charge < -0.3 is 9.47 Å². The van der Waals surface area contributed by atoms with Crippen LogP contribution in [0.4, 0.5) is 0 Å². The zero-order valence-corrected chi connectivity index (χ0v) is 7.96. The van der Waals surface area contributed by atoms with Crippen molar-refractivity contribution in [1.82, 2.24) is 0 Å². The van der Waals surface area contributed by atoms with E-state index >= 15 is 0 Å². The van der Waals surface area contributed by atoms with Crippen molar-refractivity contribution in [2.24, 2.45) is 0 Å². The Morgan fingerprint density at radius 2 is 1.73 bits per heavy atom. The van der Waals surface area contributed by atoms with Crippen LogP contribution in [0.3, 0.4) is 0 Å². The first-order valence-electron chi connectivity index (χ1n) is 4.21. The van der Waals surface area contributed by atoms with Gasteiger partial charge in [0.1, 0.15) is 0 Å². The number of rotatable bonds is 6. The molecule has 0 bridgehead atoms. The Morgan fingerprint density at radius 1 is 1.09 bits per heavy atom. The van der Waals surface area contributed by atoms with Crippen LogP contribution in [0.15, 0.2) is 0 Å². The molecule has 0 aromatic rings. The van der Waals surface area contributed by atoms with E-state index in [0.29, 0.717) is 6.10 Å². The van der Waals surface area contributed by atoms with Gasteiger partial charge in [-0.1, -0.05) is 0 Å². The predicted octanol–water partition coefficient (Wildman–Crippen LogP) is 2.39. The van der Waals surface area contributed by atoms with E-state index in [1.807, 2.05) is 34.3 Å². The molecule has 11 heavy (non-hydrogen) atoms. The minimum atomic E-state index is 0.286. The van der Waals surface area contributed by atoms with Gasteiger partial charge in [-0.15, -0.1) is 0 Å². The maximum absolute atomic E-state index is 5.31. The second kappa shape index (κ2) is 6.62. The normalized spacial score (nSPS) is 11.5. The summed E-state index contributed by atoms with van der Waals surface area (Å²) in [7, 11) is 0. The van der Waals surface area contributed by atoms with Gasteiger partial charge in [0.05, 0.1) is 18.8 Å². The van der Waals surface area contributed by atoms with Crippen molar-refractivity contribution in [3.05, 3.63) is 6.61 Å². The zero-order valence-electron chi connectivity index (χ0n) is 7.96. The van der Waals surface area contributed by atoms with Crippen LogP contribution in [0, 0.1) is 6.61 Å². The molecular formula is C9H19O2. The number of ether oxygens (including phenoxy) is 2. The molecule has 1 radical (unpaired) electrons. The molecule has 0 N–H and O–H groups in total. The Morgan fingerprint density at radius 3 is 2.18 bits per heavy atom. The molecule has 0 saturated carbocycles. The molecule has 0 aromatic heterocycles. The summed E-state index contributed by atoms with van der Waals surface area (Å²) in [6.07, 6.45) is 1.48. The van der Waals surface area contributed by atoms with Gasteiger partial charge in [-0.3, -0.25) is 0 Å². The summed E-state index contributed by atoms with van der Waals surface area (Å²) in [6.45, 7) is 10.7. The highest BCUT2D eigenvalue weighted by molar-refractivity contribution is 4.52. The van der Waals surface area contributed by atoms with Gasteiger partial charge in [0.25, 0.3) is 0 Å². The van der Waals surface area contributed by atoms with E-state index in [2.05, 4.69) is 0 Å². The molecule has 0 aliphatic heterocycles. The molecular weight excluding hydrogens is 140 g/mol. The SMILES string of the molecule is CC(C)O[CH]CCOC(C)C. The van der Waals surface area contributed by atoms with Crippen molar-refractivity contribution >= 4 is 0 Å².